The SMILES string of the molecule is Cc1ccc(S(=O)(=O)C2(Cc3cccc(Cl)c3)C(=O)Nc3ccccc32)cc1. The number of rotatable bonds is 4. The van der Waals surface area contributed by atoms with Crippen LogP contribution in [0.4, 0.5) is 5.69 Å². The number of amides is 1. The molecule has 1 unspecified atom stereocenters. The molecule has 0 aromatic heterocycles. The van der Waals surface area contributed by atoms with Crippen LogP contribution in [0.3, 0.4) is 0 Å². The molecule has 4 nitrogen and oxygen atoms in total. The first kappa shape index (κ1) is 18.7. The molecule has 0 radical (unpaired) electrons. The minimum Gasteiger partial charge on any atom is -0.324 e. The first-order valence-corrected chi connectivity index (χ1v) is 10.7. The van der Waals surface area contributed by atoms with Gasteiger partial charge in [-0.1, -0.05) is 59.6 Å². The minimum absolute atomic E-state index is 0.00732. The number of sulfone groups is 1. The molecule has 6 heteroatoms. The molecule has 4 rings (SSSR count). The van der Waals surface area contributed by atoms with Crippen molar-refractivity contribution >= 4 is 33.0 Å². The number of carbonyl (C=O) groups is 1. The average Bonchev–Trinajstić information content (AvgIpc) is 2.95. The molecule has 28 heavy (non-hydrogen) atoms. The highest BCUT2D eigenvalue weighted by Crippen LogP contribution is 2.47. The Labute approximate surface area is 169 Å². The van der Waals surface area contributed by atoms with Gasteiger partial charge in [0.05, 0.1) is 4.90 Å². The lowest BCUT2D eigenvalue weighted by Crippen LogP contribution is -2.44. The zero-order chi connectivity index (χ0) is 19.9. The molecule has 1 aliphatic rings. The monoisotopic (exact) mass is 411 g/mol. The Hall–Kier alpha value is -2.63. The molecule has 1 aliphatic heterocycles. The van der Waals surface area contributed by atoms with Gasteiger partial charge in [-0.05, 0) is 42.8 Å². The van der Waals surface area contributed by atoms with Gasteiger partial charge in [0.25, 0.3) is 5.91 Å². The summed E-state index contributed by atoms with van der Waals surface area (Å²) < 4.78 is 25.9. The third-order valence-corrected chi connectivity index (χ3v) is 7.70. The maximum atomic E-state index is 13.8. The molecule has 0 bridgehead atoms. The Balaban J connectivity index is 1.97. The first-order valence-electron chi connectivity index (χ1n) is 8.81. The standard InChI is InChI=1S/C22H18ClNO3S/c1-15-9-11-18(12-10-15)28(26,27)22(14-16-5-4-6-17(23)13-16)19-7-2-3-8-20(19)24-21(22)25/h2-13H,14H2,1H3,(H,24,25). The lowest BCUT2D eigenvalue weighted by molar-refractivity contribution is -0.118. The molecule has 0 fully saturated rings. The fourth-order valence-corrected chi connectivity index (χ4v) is 5.91. The van der Waals surface area contributed by atoms with Gasteiger partial charge >= 0.3 is 0 Å². The number of fused-ring (bicyclic) bond motifs is 1. The van der Waals surface area contributed by atoms with Crippen LogP contribution in [0.25, 0.3) is 0 Å². The van der Waals surface area contributed by atoms with Crippen molar-refractivity contribution < 1.29 is 13.2 Å². The summed E-state index contributed by atoms with van der Waals surface area (Å²) in [5.41, 5.74) is 2.60. The van der Waals surface area contributed by atoms with Gasteiger partial charge in [0.15, 0.2) is 14.6 Å². The maximum Gasteiger partial charge on any atom is 0.251 e. The van der Waals surface area contributed by atoms with Crippen molar-refractivity contribution in [1.29, 1.82) is 0 Å². The van der Waals surface area contributed by atoms with E-state index in [2.05, 4.69) is 5.32 Å². The Kier molecular flexibility index (Phi) is 4.52. The van der Waals surface area contributed by atoms with Gasteiger partial charge in [0, 0.05) is 22.7 Å². The summed E-state index contributed by atoms with van der Waals surface area (Å²) in [4.78, 5) is 13.3. The second-order valence-corrected chi connectivity index (χ2v) is 9.56. The van der Waals surface area contributed by atoms with Gasteiger partial charge in [0.2, 0.25) is 0 Å². The summed E-state index contributed by atoms with van der Waals surface area (Å²) in [5, 5.41) is 3.25. The van der Waals surface area contributed by atoms with Crippen LogP contribution < -0.4 is 5.32 Å². The summed E-state index contributed by atoms with van der Waals surface area (Å²) in [5.74, 6) is -0.547. The topological polar surface area (TPSA) is 63.2 Å². The van der Waals surface area contributed by atoms with E-state index in [1.54, 1.807) is 72.8 Å². The average molecular weight is 412 g/mol. The van der Waals surface area contributed by atoms with Crippen molar-refractivity contribution in [2.45, 2.75) is 23.0 Å². The predicted octanol–water partition coefficient (Wildman–Crippen LogP) is 4.51. The zero-order valence-electron chi connectivity index (χ0n) is 15.1. The molecule has 1 amide bonds. The van der Waals surface area contributed by atoms with E-state index >= 15 is 0 Å². The normalized spacial score (nSPS) is 18.6. The summed E-state index contributed by atoms with van der Waals surface area (Å²) >= 11 is 6.11. The predicted molar refractivity (Wildman–Crippen MR) is 110 cm³/mol. The number of hydrogen-bond donors (Lipinski definition) is 1. The van der Waals surface area contributed by atoms with Gasteiger partial charge < -0.3 is 5.32 Å². The fourth-order valence-electron chi connectivity index (χ4n) is 3.68. The molecule has 0 aliphatic carbocycles. The second kappa shape index (κ2) is 6.76. The number of hydrogen-bond acceptors (Lipinski definition) is 3. The molecule has 1 atom stereocenters. The smallest absolute Gasteiger partial charge is 0.251 e. The largest absolute Gasteiger partial charge is 0.324 e. The Morgan fingerprint density at radius 3 is 2.39 bits per heavy atom. The first-order chi connectivity index (χ1) is 13.3. The van der Waals surface area contributed by atoms with Crippen LogP contribution in [-0.2, 0) is 25.8 Å². The second-order valence-electron chi connectivity index (χ2n) is 6.95. The summed E-state index contributed by atoms with van der Waals surface area (Å²) in [7, 11) is -4.05. The number of halogens is 1. The van der Waals surface area contributed by atoms with Crippen LogP contribution in [0.15, 0.2) is 77.7 Å². The molecule has 1 heterocycles. The molecule has 1 N–H and O–H groups in total. The molecule has 0 spiro atoms. The summed E-state index contributed by atoms with van der Waals surface area (Å²) in [6.07, 6.45) is -0.00732. The fraction of sp³-hybridized carbons (Fsp3) is 0.136. The third-order valence-electron chi connectivity index (χ3n) is 5.11. The van der Waals surface area contributed by atoms with Crippen LogP contribution in [0, 0.1) is 6.92 Å². The highest BCUT2D eigenvalue weighted by atomic mass is 35.5. The van der Waals surface area contributed by atoms with Crippen molar-refractivity contribution in [2.75, 3.05) is 5.32 Å². The van der Waals surface area contributed by atoms with Crippen LogP contribution in [0.2, 0.25) is 5.02 Å². The Bertz CT molecular complexity index is 1170. The van der Waals surface area contributed by atoms with E-state index in [9.17, 15) is 13.2 Å². The summed E-state index contributed by atoms with van der Waals surface area (Å²) in [6, 6.07) is 20.5. The molecule has 0 saturated heterocycles. The van der Waals surface area contributed by atoms with Crippen LogP contribution in [-0.4, -0.2) is 14.3 Å². The molecule has 0 saturated carbocycles. The van der Waals surface area contributed by atoms with Crippen molar-refractivity contribution in [3.8, 4) is 0 Å². The number of nitrogens with one attached hydrogen (secondary N) is 1. The number of benzene rings is 3. The van der Waals surface area contributed by atoms with E-state index in [-0.39, 0.29) is 11.3 Å². The van der Waals surface area contributed by atoms with Crippen molar-refractivity contribution in [3.63, 3.8) is 0 Å². The molecular formula is C22H18ClNO3S. The Morgan fingerprint density at radius 2 is 1.68 bits per heavy atom. The maximum absolute atomic E-state index is 13.8. The molecule has 3 aromatic carbocycles. The lowest BCUT2D eigenvalue weighted by atomic mass is 9.92. The van der Waals surface area contributed by atoms with Crippen LogP contribution >= 0.6 is 11.6 Å². The molecular weight excluding hydrogens is 394 g/mol. The van der Waals surface area contributed by atoms with Gasteiger partial charge in [-0.2, -0.15) is 0 Å². The highest BCUT2D eigenvalue weighted by Gasteiger charge is 2.57. The number of carbonyl (C=O) groups excluding carboxylic acids is 1. The minimum atomic E-state index is -4.05. The van der Waals surface area contributed by atoms with E-state index in [1.807, 2.05) is 6.92 Å². The van der Waals surface area contributed by atoms with Crippen molar-refractivity contribution in [1.82, 2.24) is 0 Å². The van der Waals surface area contributed by atoms with Gasteiger partial charge in [-0.25, -0.2) is 8.42 Å². The Morgan fingerprint density at radius 1 is 0.964 bits per heavy atom. The van der Waals surface area contributed by atoms with Crippen molar-refractivity contribution in [2.24, 2.45) is 0 Å². The third kappa shape index (κ3) is 2.82. The summed E-state index contributed by atoms with van der Waals surface area (Å²) in [6.45, 7) is 1.88. The van der Waals surface area contributed by atoms with E-state index < -0.39 is 20.5 Å². The molecule has 142 valence electrons. The van der Waals surface area contributed by atoms with Gasteiger partial charge in [0.1, 0.15) is 0 Å². The van der Waals surface area contributed by atoms with E-state index in [0.29, 0.717) is 21.8 Å². The quantitative estimate of drug-likeness (QED) is 0.686. The van der Waals surface area contributed by atoms with Crippen LogP contribution in [0.5, 0.6) is 0 Å². The van der Waals surface area contributed by atoms with Crippen LogP contribution in [0.1, 0.15) is 16.7 Å². The number of para-hydroxylation sites is 1. The van der Waals surface area contributed by atoms with E-state index in [0.717, 1.165) is 5.56 Å². The highest BCUT2D eigenvalue weighted by molar-refractivity contribution is 7.93. The lowest BCUT2D eigenvalue weighted by Gasteiger charge is -2.28. The number of aryl methyl sites for hydroxylation is 1. The number of anilines is 1. The van der Waals surface area contributed by atoms with Gasteiger partial charge in [-0.3, -0.25) is 4.79 Å². The van der Waals surface area contributed by atoms with Gasteiger partial charge in [-0.15, -0.1) is 0 Å². The van der Waals surface area contributed by atoms with E-state index in [4.69, 9.17) is 11.6 Å². The molecule has 3 aromatic rings. The zero-order valence-corrected chi connectivity index (χ0v) is 16.7. The van der Waals surface area contributed by atoms with Crippen molar-refractivity contribution in [3.05, 3.63) is 94.5 Å². The van der Waals surface area contributed by atoms with E-state index in [1.165, 1.54) is 0 Å².